The summed E-state index contributed by atoms with van der Waals surface area (Å²) in [6, 6.07) is 15.8. The summed E-state index contributed by atoms with van der Waals surface area (Å²) < 4.78 is 27.8. The molecule has 140 valence electrons. The van der Waals surface area contributed by atoms with Gasteiger partial charge in [0, 0.05) is 12.8 Å². The van der Waals surface area contributed by atoms with Gasteiger partial charge >= 0.3 is 0 Å². The molecule has 1 aliphatic rings. The van der Waals surface area contributed by atoms with Gasteiger partial charge in [-0.1, -0.05) is 35.9 Å². The Morgan fingerprint density at radius 1 is 1.04 bits per heavy atom. The van der Waals surface area contributed by atoms with E-state index in [1.165, 1.54) is 22.0 Å². The Morgan fingerprint density at radius 2 is 1.65 bits per heavy atom. The van der Waals surface area contributed by atoms with Crippen LogP contribution in [-0.4, -0.2) is 45.8 Å². The van der Waals surface area contributed by atoms with E-state index < -0.39 is 16.1 Å². The molecule has 6 heteroatoms. The SMILES string of the molecule is Cc1ccc(S(=O)(=O)N(CC(O)C[NH+]2CCCC2)c2ccccc2)cc1. The highest BCUT2D eigenvalue weighted by molar-refractivity contribution is 7.92. The van der Waals surface area contributed by atoms with Crippen LogP contribution in [0, 0.1) is 6.92 Å². The maximum Gasteiger partial charge on any atom is 0.264 e. The third-order valence-electron chi connectivity index (χ3n) is 4.86. The summed E-state index contributed by atoms with van der Waals surface area (Å²) in [5.41, 5.74) is 1.58. The first-order chi connectivity index (χ1) is 12.5. The lowest BCUT2D eigenvalue weighted by Crippen LogP contribution is -3.11. The molecular weight excluding hydrogens is 348 g/mol. The van der Waals surface area contributed by atoms with Crippen LogP contribution >= 0.6 is 0 Å². The number of aliphatic hydroxyl groups is 1. The second-order valence-corrected chi connectivity index (χ2v) is 8.86. The second kappa shape index (κ2) is 8.20. The Bertz CT molecular complexity index is 801. The fourth-order valence-electron chi connectivity index (χ4n) is 3.44. The van der Waals surface area contributed by atoms with Crippen LogP contribution in [0.1, 0.15) is 18.4 Å². The van der Waals surface area contributed by atoms with Crippen LogP contribution in [0.5, 0.6) is 0 Å². The molecule has 5 nitrogen and oxygen atoms in total. The molecule has 2 aromatic rings. The summed E-state index contributed by atoms with van der Waals surface area (Å²) in [4.78, 5) is 1.59. The number of nitrogens with one attached hydrogen (secondary N) is 1. The van der Waals surface area contributed by atoms with E-state index in [-0.39, 0.29) is 11.4 Å². The molecule has 1 heterocycles. The van der Waals surface area contributed by atoms with Crippen molar-refractivity contribution < 1.29 is 18.4 Å². The monoisotopic (exact) mass is 375 g/mol. The van der Waals surface area contributed by atoms with Crippen LogP contribution in [0.15, 0.2) is 59.5 Å². The van der Waals surface area contributed by atoms with Crippen molar-refractivity contribution in [3.05, 3.63) is 60.2 Å². The van der Waals surface area contributed by atoms with Crippen LogP contribution in [0.4, 0.5) is 5.69 Å². The standard InChI is InChI=1S/C20H26N2O3S/c1-17-9-11-20(12-10-17)26(24,25)22(18-7-3-2-4-8-18)16-19(23)15-21-13-5-6-14-21/h2-4,7-12,19,23H,5-6,13-16H2,1H3/p+1. The molecule has 0 aromatic heterocycles. The van der Waals surface area contributed by atoms with Gasteiger partial charge in [-0.05, 0) is 31.2 Å². The number of benzene rings is 2. The summed E-state index contributed by atoms with van der Waals surface area (Å²) in [5.74, 6) is 0. The third-order valence-corrected chi connectivity index (χ3v) is 6.67. The molecule has 1 unspecified atom stereocenters. The zero-order chi connectivity index (χ0) is 18.6. The molecule has 1 saturated heterocycles. The predicted molar refractivity (Wildman–Crippen MR) is 103 cm³/mol. The van der Waals surface area contributed by atoms with Crippen molar-refractivity contribution in [2.45, 2.75) is 30.8 Å². The van der Waals surface area contributed by atoms with Gasteiger partial charge in [0.05, 0.1) is 30.2 Å². The topological polar surface area (TPSA) is 62.0 Å². The molecule has 0 aliphatic carbocycles. The predicted octanol–water partition coefficient (Wildman–Crippen LogP) is 1.23. The number of hydrogen-bond acceptors (Lipinski definition) is 3. The molecule has 0 spiro atoms. The largest absolute Gasteiger partial charge is 0.385 e. The summed E-state index contributed by atoms with van der Waals surface area (Å²) in [5, 5.41) is 10.6. The maximum atomic E-state index is 13.2. The number of likely N-dealkylation sites (tertiary alicyclic amines) is 1. The van der Waals surface area contributed by atoms with Crippen LogP contribution in [0.3, 0.4) is 0 Å². The van der Waals surface area contributed by atoms with E-state index in [9.17, 15) is 13.5 Å². The first-order valence-electron chi connectivity index (χ1n) is 9.13. The van der Waals surface area contributed by atoms with Crippen molar-refractivity contribution in [2.75, 3.05) is 30.5 Å². The number of nitrogens with zero attached hydrogens (tertiary/aromatic N) is 1. The van der Waals surface area contributed by atoms with E-state index in [0.717, 1.165) is 18.7 Å². The lowest BCUT2D eigenvalue weighted by Gasteiger charge is -2.27. The number of para-hydroxylation sites is 1. The van der Waals surface area contributed by atoms with Gasteiger partial charge in [0.15, 0.2) is 0 Å². The van der Waals surface area contributed by atoms with Crippen LogP contribution in [-0.2, 0) is 10.0 Å². The minimum Gasteiger partial charge on any atom is -0.385 e. The van der Waals surface area contributed by atoms with Crippen molar-refractivity contribution in [3.8, 4) is 0 Å². The van der Waals surface area contributed by atoms with Crippen LogP contribution < -0.4 is 9.21 Å². The summed E-state index contributed by atoms with van der Waals surface area (Å²) in [7, 11) is -3.74. The maximum absolute atomic E-state index is 13.2. The number of anilines is 1. The van der Waals surface area contributed by atoms with Crippen molar-refractivity contribution in [1.29, 1.82) is 0 Å². The van der Waals surface area contributed by atoms with Gasteiger partial charge in [0.2, 0.25) is 0 Å². The third kappa shape index (κ3) is 4.44. The average molecular weight is 376 g/mol. The highest BCUT2D eigenvalue weighted by Crippen LogP contribution is 2.24. The zero-order valence-corrected chi connectivity index (χ0v) is 16.0. The fraction of sp³-hybridized carbons (Fsp3) is 0.400. The van der Waals surface area contributed by atoms with Crippen molar-refractivity contribution >= 4 is 15.7 Å². The first-order valence-corrected chi connectivity index (χ1v) is 10.6. The molecule has 0 radical (unpaired) electrons. The molecule has 2 aromatic carbocycles. The van der Waals surface area contributed by atoms with Crippen molar-refractivity contribution in [2.24, 2.45) is 0 Å². The van der Waals surface area contributed by atoms with Gasteiger partial charge in [0.25, 0.3) is 10.0 Å². The number of aryl methyl sites for hydroxylation is 1. The Kier molecular flexibility index (Phi) is 5.96. The number of quaternary nitrogens is 1. The second-order valence-electron chi connectivity index (χ2n) is 7.00. The quantitative estimate of drug-likeness (QED) is 0.765. The molecule has 2 N–H and O–H groups in total. The first kappa shape index (κ1) is 18.9. The van der Waals surface area contributed by atoms with Gasteiger partial charge < -0.3 is 10.0 Å². The lowest BCUT2D eigenvalue weighted by molar-refractivity contribution is -0.890. The number of sulfonamides is 1. The highest BCUT2D eigenvalue weighted by Gasteiger charge is 2.29. The highest BCUT2D eigenvalue weighted by atomic mass is 32.2. The minimum absolute atomic E-state index is 0.0592. The molecule has 1 aliphatic heterocycles. The van der Waals surface area contributed by atoms with Gasteiger partial charge in [0.1, 0.15) is 12.6 Å². The van der Waals surface area contributed by atoms with Gasteiger partial charge in [-0.2, -0.15) is 0 Å². The Balaban J connectivity index is 1.86. The van der Waals surface area contributed by atoms with Gasteiger partial charge in [-0.3, -0.25) is 4.31 Å². The minimum atomic E-state index is -3.74. The van der Waals surface area contributed by atoms with E-state index in [2.05, 4.69) is 0 Å². The smallest absolute Gasteiger partial charge is 0.264 e. The van der Waals surface area contributed by atoms with E-state index in [4.69, 9.17) is 0 Å². The molecule has 1 atom stereocenters. The Labute approximate surface area is 155 Å². The fourth-order valence-corrected chi connectivity index (χ4v) is 4.94. The van der Waals surface area contributed by atoms with Crippen LogP contribution in [0.2, 0.25) is 0 Å². The molecule has 0 saturated carbocycles. The lowest BCUT2D eigenvalue weighted by atomic mass is 10.2. The summed E-state index contributed by atoms with van der Waals surface area (Å²) >= 11 is 0. The Hall–Kier alpha value is -1.89. The van der Waals surface area contributed by atoms with E-state index in [1.54, 1.807) is 36.4 Å². The molecule has 3 rings (SSSR count). The van der Waals surface area contributed by atoms with E-state index in [0.29, 0.717) is 12.2 Å². The summed E-state index contributed by atoms with van der Waals surface area (Å²) in [6.07, 6.45) is 1.64. The molecular formula is C20H27N2O3S+. The van der Waals surface area contributed by atoms with E-state index >= 15 is 0 Å². The van der Waals surface area contributed by atoms with Crippen molar-refractivity contribution in [1.82, 2.24) is 0 Å². The zero-order valence-electron chi connectivity index (χ0n) is 15.1. The number of rotatable bonds is 7. The van der Waals surface area contributed by atoms with Gasteiger partial charge in [-0.25, -0.2) is 8.42 Å². The number of hydrogen-bond donors (Lipinski definition) is 2. The van der Waals surface area contributed by atoms with E-state index in [1.807, 2.05) is 25.1 Å². The van der Waals surface area contributed by atoms with Crippen LogP contribution in [0.25, 0.3) is 0 Å². The molecule has 0 amide bonds. The Morgan fingerprint density at radius 3 is 2.27 bits per heavy atom. The van der Waals surface area contributed by atoms with Crippen molar-refractivity contribution in [3.63, 3.8) is 0 Å². The normalized spacial score (nSPS) is 16.5. The van der Waals surface area contributed by atoms with Gasteiger partial charge in [-0.15, -0.1) is 0 Å². The summed E-state index contributed by atoms with van der Waals surface area (Å²) in [6.45, 7) is 4.66. The molecule has 0 bridgehead atoms. The average Bonchev–Trinajstić information content (AvgIpc) is 3.13. The molecule has 1 fully saturated rings. The molecule has 26 heavy (non-hydrogen) atoms. The number of aliphatic hydroxyl groups excluding tert-OH is 1.